The summed E-state index contributed by atoms with van der Waals surface area (Å²) < 4.78 is 30.7. The first-order chi connectivity index (χ1) is 23.9. The van der Waals surface area contributed by atoms with Gasteiger partial charge in [0, 0.05) is 12.7 Å². The quantitative estimate of drug-likeness (QED) is 0.112. The zero-order valence-corrected chi connectivity index (χ0v) is 28.8. The second-order valence-electron chi connectivity index (χ2n) is 11.4. The molecular formula is C39H38N2O7S. The first-order valence-electron chi connectivity index (χ1n) is 16.1. The van der Waals surface area contributed by atoms with Crippen LogP contribution in [0.2, 0.25) is 0 Å². The van der Waals surface area contributed by atoms with E-state index in [2.05, 4.69) is 24.3 Å². The lowest BCUT2D eigenvalue weighted by Gasteiger charge is -2.26. The van der Waals surface area contributed by atoms with Crippen LogP contribution in [-0.2, 0) is 20.9 Å². The van der Waals surface area contributed by atoms with Gasteiger partial charge in [-0.3, -0.25) is 9.36 Å². The van der Waals surface area contributed by atoms with E-state index in [1.165, 1.54) is 18.4 Å². The molecule has 49 heavy (non-hydrogen) atoms. The van der Waals surface area contributed by atoms with Crippen LogP contribution in [0, 0.1) is 0 Å². The van der Waals surface area contributed by atoms with E-state index in [1.54, 1.807) is 24.7 Å². The molecule has 10 heteroatoms. The summed E-state index contributed by atoms with van der Waals surface area (Å²) in [5.41, 5.74) is 2.95. The lowest BCUT2D eigenvalue weighted by molar-refractivity contribution is -0.140. The van der Waals surface area contributed by atoms with Gasteiger partial charge in [-0.1, -0.05) is 85.0 Å². The van der Waals surface area contributed by atoms with Crippen molar-refractivity contribution in [3.63, 3.8) is 0 Å². The maximum atomic E-state index is 14.2. The van der Waals surface area contributed by atoms with Crippen LogP contribution in [0.1, 0.15) is 43.0 Å². The number of hydrogen-bond donors (Lipinski definition) is 0. The third-order valence-corrected chi connectivity index (χ3v) is 9.17. The molecule has 1 aliphatic heterocycles. The molecule has 0 N–H and O–H groups in total. The van der Waals surface area contributed by atoms with E-state index >= 15 is 0 Å². The average Bonchev–Trinajstić information content (AvgIpc) is 3.42. The summed E-state index contributed by atoms with van der Waals surface area (Å²) in [7, 11) is 3.13. The van der Waals surface area contributed by atoms with Crippen LogP contribution in [0.4, 0.5) is 0 Å². The fourth-order valence-corrected chi connectivity index (χ4v) is 6.89. The van der Waals surface area contributed by atoms with Gasteiger partial charge in [-0.25, -0.2) is 9.79 Å². The average molecular weight is 679 g/mol. The molecule has 0 radical (unpaired) electrons. The van der Waals surface area contributed by atoms with E-state index in [4.69, 9.17) is 28.7 Å². The molecule has 1 atom stereocenters. The number of fused-ring (bicyclic) bond motifs is 2. The highest BCUT2D eigenvalue weighted by molar-refractivity contribution is 7.07. The van der Waals surface area contributed by atoms with Crippen LogP contribution >= 0.6 is 11.3 Å². The number of carbonyl (C=O) groups is 1. The van der Waals surface area contributed by atoms with Crippen LogP contribution < -0.4 is 29.1 Å². The number of nitrogens with zero attached hydrogens (tertiary/aromatic N) is 2. The fourth-order valence-electron chi connectivity index (χ4n) is 5.84. The Morgan fingerprint density at radius 3 is 2.51 bits per heavy atom. The summed E-state index contributed by atoms with van der Waals surface area (Å²) in [4.78, 5) is 33.0. The summed E-state index contributed by atoms with van der Waals surface area (Å²) >= 11 is 1.25. The minimum absolute atomic E-state index is 0.0702. The van der Waals surface area contributed by atoms with Crippen molar-refractivity contribution in [2.75, 3.05) is 34.0 Å². The lowest BCUT2D eigenvalue weighted by Crippen LogP contribution is -2.40. The van der Waals surface area contributed by atoms with Gasteiger partial charge in [-0.15, -0.1) is 0 Å². The van der Waals surface area contributed by atoms with Crippen molar-refractivity contribution in [3.05, 3.63) is 133 Å². The van der Waals surface area contributed by atoms with Gasteiger partial charge in [0.05, 0.1) is 36.1 Å². The number of methoxy groups -OCH3 is 2. The van der Waals surface area contributed by atoms with Gasteiger partial charge in [0.25, 0.3) is 5.56 Å². The molecule has 1 aliphatic rings. The molecule has 0 bridgehead atoms. The first kappa shape index (κ1) is 33.7. The van der Waals surface area contributed by atoms with Gasteiger partial charge >= 0.3 is 5.97 Å². The highest BCUT2D eigenvalue weighted by Crippen LogP contribution is 2.36. The van der Waals surface area contributed by atoms with E-state index in [9.17, 15) is 9.59 Å². The van der Waals surface area contributed by atoms with Crippen molar-refractivity contribution in [1.82, 2.24) is 4.57 Å². The molecule has 0 aliphatic carbocycles. The number of benzene rings is 4. The Bertz CT molecular complexity index is 2200. The van der Waals surface area contributed by atoms with Crippen LogP contribution in [0.5, 0.6) is 17.2 Å². The van der Waals surface area contributed by atoms with Crippen LogP contribution in [-0.4, -0.2) is 44.6 Å². The second kappa shape index (κ2) is 15.4. The van der Waals surface area contributed by atoms with Crippen molar-refractivity contribution >= 4 is 34.2 Å². The maximum absolute atomic E-state index is 14.2. The molecule has 0 fully saturated rings. The molecule has 0 spiro atoms. The normalized spacial score (nSPS) is 14.4. The molecule has 6 rings (SSSR count). The minimum Gasteiger partial charge on any atom is -0.493 e. The number of rotatable bonds is 13. The predicted molar refractivity (Wildman–Crippen MR) is 190 cm³/mol. The predicted octanol–water partition coefficient (Wildman–Crippen LogP) is 5.95. The molecule has 9 nitrogen and oxygen atoms in total. The van der Waals surface area contributed by atoms with Crippen molar-refractivity contribution in [1.29, 1.82) is 0 Å². The van der Waals surface area contributed by atoms with E-state index in [1.807, 2.05) is 67.6 Å². The molecule has 252 valence electrons. The summed E-state index contributed by atoms with van der Waals surface area (Å²) in [5.74, 6) is 1.15. The minimum atomic E-state index is -0.805. The van der Waals surface area contributed by atoms with Gasteiger partial charge in [0.1, 0.15) is 25.0 Å². The third kappa shape index (κ3) is 7.16. The number of thiazole rings is 1. The number of hydrogen-bond acceptors (Lipinski definition) is 9. The second-order valence-corrected chi connectivity index (χ2v) is 12.4. The van der Waals surface area contributed by atoms with Crippen LogP contribution in [0.25, 0.3) is 16.8 Å². The Balaban J connectivity index is 1.37. The van der Waals surface area contributed by atoms with Gasteiger partial charge in [0.2, 0.25) is 0 Å². The zero-order chi connectivity index (χ0) is 34.3. The van der Waals surface area contributed by atoms with E-state index in [0.717, 1.165) is 28.3 Å². The smallest absolute Gasteiger partial charge is 0.338 e. The maximum Gasteiger partial charge on any atom is 0.338 e. The van der Waals surface area contributed by atoms with Gasteiger partial charge in [-0.2, -0.15) is 0 Å². The number of aromatic nitrogens is 1. The van der Waals surface area contributed by atoms with Crippen LogP contribution in [0.3, 0.4) is 0 Å². The molecule has 0 saturated carbocycles. The molecule has 4 aromatic carbocycles. The molecule has 2 heterocycles. The zero-order valence-electron chi connectivity index (χ0n) is 27.9. The lowest BCUT2D eigenvalue weighted by atomic mass is 9.95. The Kier molecular flexibility index (Phi) is 10.6. The Morgan fingerprint density at radius 1 is 0.898 bits per heavy atom. The Hall–Kier alpha value is -5.19. The standard InChI is InChI=1S/C39H38N2O7S/c1-5-19-46-31-16-9-8-15-30(31)36-35(38(43)47-21-20-44-3)25(2)40-39-41(36)37(42)34(49-39)23-26-17-18-32(33(22-26)45-4)48-24-28-13-10-12-27-11-6-7-14-29(27)28/h6-18,22-23,36H,5,19-21,24H2,1-4H3/b34-23+/t36-/m0/s1. The third-order valence-electron chi connectivity index (χ3n) is 8.19. The van der Waals surface area contributed by atoms with Gasteiger partial charge in [0.15, 0.2) is 16.3 Å². The topological polar surface area (TPSA) is 97.6 Å². The van der Waals surface area contributed by atoms with E-state index in [-0.39, 0.29) is 24.3 Å². The summed E-state index contributed by atoms with van der Waals surface area (Å²) in [5, 5.41) is 2.28. The Morgan fingerprint density at radius 2 is 1.69 bits per heavy atom. The summed E-state index contributed by atoms with van der Waals surface area (Å²) in [6, 6.07) is 26.6. The molecular weight excluding hydrogens is 641 g/mol. The molecule has 5 aromatic rings. The number of allylic oxidation sites excluding steroid dienone is 1. The SMILES string of the molecule is CCCOc1ccccc1[C@H]1C(C(=O)OCCOC)=C(C)N=c2s/c(=C/c3ccc(OCc4cccc5ccccc45)c(OC)c3)c(=O)n21. The molecule has 0 amide bonds. The number of para-hydroxylation sites is 1. The van der Waals surface area contributed by atoms with Crippen molar-refractivity contribution in [2.24, 2.45) is 4.99 Å². The molecule has 0 saturated heterocycles. The van der Waals surface area contributed by atoms with Gasteiger partial charge in [-0.05, 0) is 59.5 Å². The van der Waals surface area contributed by atoms with E-state index in [0.29, 0.717) is 51.1 Å². The molecule has 1 aromatic heterocycles. The first-order valence-corrected chi connectivity index (χ1v) is 16.9. The summed E-state index contributed by atoms with van der Waals surface area (Å²) in [6.45, 7) is 4.95. The monoisotopic (exact) mass is 678 g/mol. The van der Waals surface area contributed by atoms with Crippen molar-refractivity contribution in [3.8, 4) is 17.2 Å². The van der Waals surface area contributed by atoms with Gasteiger partial charge < -0.3 is 23.7 Å². The highest BCUT2D eigenvalue weighted by atomic mass is 32.1. The van der Waals surface area contributed by atoms with Crippen molar-refractivity contribution in [2.45, 2.75) is 32.9 Å². The molecule has 0 unspecified atom stereocenters. The van der Waals surface area contributed by atoms with E-state index < -0.39 is 12.0 Å². The highest BCUT2D eigenvalue weighted by Gasteiger charge is 2.35. The van der Waals surface area contributed by atoms with Crippen molar-refractivity contribution < 1.29 is 28.5 Å². The number of carbonyl (C=O) groups excluding carboxylic acids is 1. The number of ether oxygens (including phenoxy) is 5. The largest absolute Gasteiger partial charge is 0.493 e. The van der Waals surface area contributed by atoms with Crippen LogP contribution in [0.15, 0.2) is 106 Å². The Labute approximate surface area is 288 Å². The fraction of sp³-hybridized carbons (Fsp3) is 0.256. The summed E-state index contributed by atoms with van der Waals surface area (Å²) in [6.07, 6.45) is 2.60. The number of esters is 1.